The molecular formula is C18H20ClF4N3O2. The first-order valence-electron chi connectivity index (χ1n) is 8.49. The number of nitrogens with one attached hydrogen (secondary N) is 1. The highest BCUT2D eigenvalue weighted by molar-refractivity contribution is 6.31. The molecule has 0 spiro atoms. The standard InChI is InChI=1S/C18H20ClF4N3O2/c1-12-15(19)9-26(25-12)7-3-6-24-16(27)14-5-2-4-13(8-14)10-28-11-18(22,23)17(20)21/h2,4-5,8-9,17H,3,6-7,10-11H2,1H3,(H,24,27). The van der Waals surface area contributed by atoms with Gasteiger partial charge in [-0.2, -0.15) is 13.9 Å². The molecule has 28 heavy (non-hydrogen) atoms. The average Bonchev–Trinajstić information content (AvgIpc) is 2.96. The van der Waals surface area contributed by atoms with Gasteiger partial charge in [-0.15, -0.1) is 0 Å². The molecule has 0 saturated carbocycles. The van der Waals surface area contributed by atoms with Gasteiger partial charge in [0.15, 0.2) is 0 Å². The molecule has 0 unspecified atom stereocenters. The number of hydrogen-bond acceptors (Lipinski definition) is 3. The second kappa shape index (κ2) is 9.88. The Morgan fingerprint density at radius 3 is 2.79 bits per heavy atom. The van der Waals surface area contributed by atoms with Gasteiger partial charge in [0.1, 0.15) is 6.61 Å². The van der Waals surface area contributed by atoms with Crippen molar-refractivity contribution in [1.82, 2.24) is 15.1 Å². The highest BCUT2D eigenvalue weighted by Crippen LogP contribution is 2.23. The fourth-order valence-corrected chi connectivity index (χ4v) is 2.47. The second-order valence-electron chi connectivity index (χ2n) is 6.19. The van der Waals surface area contributed by atoms with Crippen LogP contribution in [0.3, 0.4) is 0 Å². The number of ether oxygens (including phenoxy) is 1. The summed E-state index contributed by atoms with van der Waals surface area (Å²) in [6.07, 6.45) is -1.44. The number of aromatic nitrogens is 2. The van der Waals surface area contributed by atoms with Gasteiger partial charge in [0.2, 0.25) is 0 Å². The topological polar surface area (TPSA) is 56.2 Å². The Labute approximate surface area is 164 Å². The quantitative estimate of drug-likeness (QED) is 0.464. The molecule has 0 bridgehead atoms. The van der Waals surface area contributed by atoms with Gasteiger partial charge in [0.25, 0.3) is 5.91 Å². The maximum absolute atomic E-state index is 12.8. The number of benzene rings is 1. The van der Waals surface area contributed by atoms with Crippen LogP contribution in [0.25, 0.3) is 0 Å². The lowest BCUT2D eigenvalue weighted by Gasteiger charge is -2.15. The van der Waals surface area contributed by atoms with Crippen LogP contribution in [0.15, 0.2) is 30.5 Å². The Morgan fingerprint density at radius 2 is 2.14 bits per heavy atom. The number of carbonyl (C=O) groups is 1. The highest BCUT2D eigenvalue weighted by Gasteiger charge is 2.40. The molecule has 0 aliphatic heterocycles. The van der Waals surface area contributed by atoms with E-state index in [4.69, 9.17) is 11.6 Å². The number of amides is 1. The molecule has 0 aliphatic rings. The molecule has 1 N–H and O–H groups in total. The van der Waals surface area contributed by atoms with Gasteiger partial charge in [0, 0.05) is 24.8 Å². The fraction of sp³-hybridized carbons (Fsp3) is 0.444. The molecule has 1 aromatic carbocycles. The van der Waals surface area contributed by atoms with Crippen molar-refractivity contribution in [3.8, 4) is 0 Å². The number of nitrogens with zero attached hydrogens (tertiary/aromatic N) is 2. The minimum atomic E-state index is -4.20. The number of halogens is 5. The lowest BCUT2D eigenvalue weighted by atomic mass is 10.1. The Bertz CT molecular complexity index is 779. The van der Waals surface area contributed by atoms with Crippen molar-refractivity contribution in [2.45, 2.75) is 38.8 Å². The predicted molar refractivity (Wildman–Crippen MR) is 96.0 cm³/mol. The van der Waals surface area contributed by atoms with Crippen LogP contribution in [0.2, 0.25) is 5.02 Å². The smallest absolute Gasteiger partial charge is 0.330 e. The molecule has 0 radical (unpaired) electrons. The molecule has 0 aliphatic carbocycles. The number of carbonyl (C=O) groups excluding carboxylic acids is 1. The van der Waals surface area contributed by atoms with E-state index in [9.17, 15) is 22.4 Å². The van der Waals surface area contributed by atoms with Crippen molar-refractivity contribution >= 4 is 17.5 Å². The largest absolute Gasteiger partial charge is 0.370 e. The summed E-state index contributed by atoms with van der Waals surface area (Å²) in [6.45, 7) is 1.09. The first-order valence-corrected chi connectivity index (χ1v) is 8.87. The number of alkyl halides is 4. The Kier molecular flexibility index (Phi) is 7.82. The van der Waals surface area contributed by atoms with Gasteiger partial charge in [0.05, 0.1) is 17.3 Å². The number of hydrogen-bond donors (Lipinski definition) is 1. The third kappa shape index (κ3) is 6.49. The van der Waals surface area contributed by atoms with Gasteiger partial charge >= 0.3 is 12.3 Å². The first-order chi connectivity index (χ1) is 13.2. The van der Waals surface area contributed by atoms with Gasteiger partial charge < -0.3 is 10.1 Å². The van der Waals surface area contributed by atoms with E-state index in [-0.39, 0.29) is 12.5 Å². The van der Waals surface area contributed by atoms with Crippen molar-refractivity contribution in [3.63, 3.8) is 0 Å². The summed E-state index contributed by atoms with van der Waals surface area (Å²) in [5, 5.41) is 7.53. The van der Waals surface area contributed by atoms with Crippen molar-refractivity contribution in [2.75, 3.05) is 13.2 Å². The predicted octanol–water partition coefficient (Wildman–Crippen LogP) is 4.08. The fourth-order valence-electron chi connectivity index (χ4n) is 2.32. The molecule has 2 rings (SSSR count). The molecular weight excluding hydrogens is 402 g/mol. The molecule has 5 nitrogen and oxygen atoms in total. The second-order valence-corrected chi connectivity index (χ2v) is 6.60. The molecule has 2 aromatic rings. The van der Waals surface area contributed by atoms with E-state index in [0.29, 0.717) is 35.7 Å². The third-order valence-electron chi connectivity index (χ3n) is 3.81. The van der Waals surface area contributed by atoms with Crippen LogP contribution < -0.4 is 5.32 Å². The van der Waals surface area contributed by atoms with E-state index in [2.05, 4.69) is 15.2 Å². The SMILES string of the molecule is Cc1nn(CCCNC(=O)c2cccc(COCC(F)(F)C(F)F)c2)cc1Cl. The highest BCUT2D eigenvalue weighted by atomic mass is 35.5. The van der Waals surface area contributed by atoms with Crippen molar-refractivity contribution in [2.24, 2.45) is 0 Å². The summed E-state index contributed by atoms with van der Waals surface area (Å²) >= 11 is 5.92. The maximum atomic E-state index is 12.8. The van der Waals surface area contributed by atoms with E-state index >= 15 is 0 Å². The summed E-state index contributed by atoms with van der Waals surface area (Å²) in [6, 6.07) is 6.14. The van der Waals surface area contributed by atoms with Gasteiger partial charge in [-0.1, -0.05) is 23.7 Å². The summed E-state index contributed by atoms with van der Waals surface area (Å²) < 4.78 is 56.2. The zero-order valence-corrected chi connectivity index (χ0v) is 15.9. The molecule has 1 amide bonds. The van der Waals surface area contributed by atoms with Crippen LogP contribution >= 0.6 is 11.6 Å². The molecule has 0 atom stereocenters. The van der Waals surface area contributed by atoms with Crippen LogP contribution in [-0.2, 0) is 17.9 Å². The minimum Gasteiger partial charge on any atom is -0.370 e. The summed E-state index contributed by atoms with van der Waals surface area (Å²) in [4.78, 5) is 12.2. The zero-order valence-electron chi connectivity index (χ0n) is 15.1. The van der Waals surface area contributed by atoms with E-state index in [1.54, 1.807) is 36.0 Å². The number of rotatable bonds is 10. The van der Waals surface area contributed by atoms with Crippen LogP contribution in [-0.4, -0.2) is 41.2 Å². The van der Waals surface area contributed by atoms with Crippen LogP contribution in [0.5, 0.6) is 0 Å². The summed E-state index contributed by atoms with van der Waals surface area (Å²) in [5.41, 5.74) is 1.48. The molecule has 10 heteroatoms. The van der Waals surface area contributed by atoms with Crippen molar-refractivity contribution in [3.05, 3.63) is 52.3 Å². The first kappa shape index (κ1) is 22.2. The lowest BCUT2D eigenvalue weighted by Crippen LogP contribution is -2.32. The Morgan fingerprint density at radius 1 is 1.39 bits per heavy atom. The van der Waals surface area contributed by atoms with Gasteiger partial charge in [-0.25, -0.2) is 8.78 Å². The summed E-state index contributed by atoms with van der Waals surface area (Å²) in [5.74, 6) is -4.54. The molecule has 0 fully saturated rings. The number of aryl methyl sites for hydroxylation is 2. The van der Waals surface area contributed by atoms with Crippen LogP contribution in [0.4, 0.5) is 17.6 Å². The molecule has 154 valence electrons. The third-order valence-corrected chi connectivity index (χ3v) is 4.18. The Hall–Kier alpha value is -2.13. The van der Waals surface area contributed by atoms with Gasteiger partial charge in [-0.05, 0) is 31.0 Å². The van der Waals surface area contributed by atoms with Gasteiger partial charge in [-0.3, -0.25) is 9.48 Å². The monoisotopic (exact) mass is 421 g/mol. The lowest BCUT2D eigenvalue weighted by molar-refractivity contribution is -0.168. The van der Waals surface area contributed by atoms with E-state index in [1.807, 2.05) is 0 Å². The molecule has 1 heterocycles. The normalized spacial score (nSPS) is 11.8. The van der Waals surface area contributed by atoms with E-state index < -0.39 is 19.0 Å². The van der Waals surface area contributed by atoms with E-state index in [1.165, 1.54) is 6.07 Å². The molecule has 1 aromatic heterocycles. The average molecular weight is 422 g/mol. The maximum Gasteiger partial charge on any atom is 0.330 e. The Balaban J connectivity index is 1.78. The van der Waals surface area contributed by atoms with Crippen molar-refractivity contribution in [1.29, 1.82) is 0 Å². The van der Waals surface area contributed by atoms with Crippen molar-refractivity contribution < 1.29 is 27.1 Å². The van der Waals surface area contributed by atoms with Crippen LogP contribution in [0, 0.1) is 6.92 Å². The van der Waals surface area contributed by atoms with E-state index in [0.717, 1.165) is 5.69 Å². The summed E-state index contributed by atoms with van der Waals surface area (Å²) in [7, 11) is 0. The molecule has 0 saturated heterocycles. The zero-order chi connectivity index (χ0) is 20.7. The van der Waals surface area contributed by atoms with Crippen LogP contribution in [0.1, 0.15) is 28.0 Å². The minimum absolute atomic E-state index is 0.303.